The average Bonchev–Trinajstić information content (AvgIpc) is 2.98. The number of nitrogens with zero attached hydrogens (tertiary/aromatic N) is 2. The number of hydrogen-bond donors (Lipinski definition) is 1. The molecule has 0 atom stereocenters. The molecule has 0 spiro atoms. The number of aryl methyl sites for hydroxylation is 1. The third-order valence-electron chi connectivity index (χ3n) is 6.00. The van der Waals surface area contributed by atoms with Crippen LogP contribution in [0.5, 0.6) is 0 Å². The number of nitrogens with one attached hydrogen (secondary N) is 1. The van der Waals surface area contributed by atoms with Gasteiger partial charge < -0.3 is 10.2 Å². The number of sulfonamides is 1. The first-order valence-corrected chi connectivity index (χ1v) is 14.2. The van der Waals surface area contributed by atoms with Crippen molar-refractivity contribution in [3.05, 3.63) is 144 Å². The Morgan fingerprint density at radius 2 is 1.48 bits per heavy atom. The highest BCUT2D eigenvalue weighted by molar-refractivity contribution is 7.92. The Hall–Kier alpha value is -4.69. The van der Waals surface area contributed by atoms with Gasteiger partial charge in [0.1, 0.15) is 6.61 Å². The number of para-hydroxylation sites is 1. The van der Waals surface area contributed by atoms with E-state index in [1.165, 1.54) is 22.7 Å². The quantitative estimate of drug-likeness (QED) is 0.140. The Labute approximate surface area is 235 Å². The van der Waals surface area contributed by atoms with Gasteiger partial charge >= 0.3 is 0 Å². The van der Waals surface area contributed by atoms with E-state index in [-0.39, 0.29) is 24.0 Å². The molecule has 1 N–H and O–H groups in total. The Kier molecular flexibility index (Phi) is 9.85. The van der Waals surface area contributed by atoms with Crippen LogP contribution in [0, 0.1) is 6.92 Å². The molecule has 0 unspecified atom stereocenters. The van der Waals surface area contributed by atoms with Gasteiger partial charge in [-0.2, -0.15) is 0 Å². The van der Waals surface area contributed by atoms with Crippen molar-refractivity contribution < 1.29 is 18.0 Å². The molecular weight excluding hydrogens is 522 g/mol. The van der Waals surface area contributed by atoms with Gasteiger partial charge in [-0.25, -0.2) is 8.42 Å². The third kappa shape index (κ3) is 7.91. The zero-order valence-electron chi connectivity index (χ0n) is 22.2. The summed E-state index contributed by atoms with van der Waals surface area (Å²) >= 11 is 0. The summed E-state index contributed by atoms with van der Waals surface area (Å²) in [5, 5.41) is 6.90. The van der Waals surface area contributed by atoms with E-state index in [4.69, 9.17) is 4.84 Å². The van der Waals surface area contributed by atoms with E-state index in [2.05, 4.69) is 10.5 Å². The molecule has 4 aromatic carbocycles. The lowest BCUT2D eigenvalue weighted by Crippen LogP contribution is -2.32. The van der Waals surface area contributed by atoms with Gasteiger partial charge in [0.05, 0.1) is 23.3 Å². The van der Waals surface area contributed by atoms with Crippen LogP contribution in [-0.2, 0) is 32.8 Å². The van der Waals surface area contributed by atoms with Gasteiger partial charge in [-0.15, -0.1) is 0 Å². The number of benzene rings is 4. The zero-order chi connectivity index (χ0) is 28.2. The number of amides is 1. The summed E-state index contributed by atoms with van der Waals surface area (Å²) in [6.07, 6.45) is 4.37. The normalized spacial score (nSPS) is 11.5. The van der Waals surface area contributed by atoms with Crippen LogP contribution < -0.4 is 9.62 Å². The summed E-state index contributed by atoms with van der Waals surface area (Å²) in [5.74, 6) is -0.319. The first-order chi connectivity index (χ1) is 19.4. The minimum Gasteiger partial charge on any atom is -0.391 e. The third-order valence-corrected chi connectivity index (χ3v) is 7.80. The molecule has 1 amide bonds. The number of carbonyl (C=O) groups excluding carboxylic acids is 1. The molecule has 0 saturated carbocycles. The molecule has 40 heavy (non-hydrogen) atoms. The first-order valence-electron chi connectivity index (χ1n) is 12.8. The highest BCUT2D eigenvalue weighted by atomic mass is 32.2. The average molecular weight is 554 g/mol. The van der Waals surface area contributed by atoms with Gasteiger partial charge in [-0.1, -0.05) is 108 Å². The molecule has 204 valence electrons. The number of oxime groups is 1. The minimum absolute atomic E-state index is 0.0648. The number of anilines is 1. The summed E-state index contributed by atoms with van der Waals surface area (Å²) in [5.41, 5.74) is 3.84. The van der Waals surface area contributed by atoms with Crippen molar-refractivity contribution in [3.8, 4) is 0 Å². The van der Waals surface area contributed by atoms with Gasteiger partial charge in [-0.05, 0) is 36.2 Å². The Bertz CT molecular complexity index is 1550. The second-order valence-corrected chi connectivity index (χ2v) is 10.9. The van der Waals surface area contributed by atoms with Crippen molar-refractivity contribution in [2.24, 2.45) is 5.16 Å². The fraction of sp³-hybridized carbons (Fsp3) is 0.125. The van der Waals surface area contributed by atoms with Crippen LogP contribution in [0.2, 0.25) is 0 Å². The van der Waals surface area contributed by atoms with Crippen LogP contribution in [0.25, 0.3) is 0 Å². The van der Waals surface area contributed by atoms with E-state index in [0.717, 1.165) is 16.7 Å². The van der Waals surface area contributed by atoms with Gasteiger partial charge in [-0.3, -0.25) is 9.10 Å². The lowest BCUT2D eigenvalue weighted by molar-refractivity contribution is -0.116. The minimum atomic E-state index is -3.97. The molecular formula is C32H31N3O4S. The van der Waals surface area contributed by atoms with E-state index >= 15 is 0 Å². The summed E-state index contributed by atoms with van der Waals surface area (Å²) in [6, 6.07) is 32.8. The predicted molar refractivity (Wildman–Crippen MR) is 158 cm³/mol. The maximum atomic E-state index is 13.8. The SMILES string of the molecule is Cc1ccc(S(=O)(=O)N(C/C=C/C(=O)NCc2ccccc2)c2ccccc2/C=N/OCc2ccccc2)cc1. The molecule has 7 nitrogen and oxygen atoms in total. The van der Waals surface area contributed by atoms with E-state index in [1.54, 1.807) is 48.5 Å². The van der Waals surface area contributed by atoms with Crippen molar-refractivity contribution in [2.75, 3.05) is 10.8 Å². The molecule has 8 heteroatoms. The van der Waals surface area contributed by atoms with Crippen LogP contribution >= 0.6 is 0 Å². The molecule has 0 aliphatic heterocycles. The maximum absolute atomic E-state index is 13.8. The second-order valence-electron chi connectivity index (χ2n) is 9.01. The van der Waals surface area contributed by atoms with Crippen LogP contribution in [0.15, 0.2) is 131 Å². The lowest BCUT2D eigenvalue weighted by atomic mass is 10.2. The molecule has 0 aromatic heterocycles. The molecule has 0 saturated heterocycles. The van der Waals surface area contributed by atoms with E-state index < -0.39 is 10.0 Å². The highest BCUT2D eigenvalue weighted by Crippen LogP contribution is 2.27. The Balaban J connectivity index is 1.55. The molecule has 0 aliphatic carbocycles. The highest BCUT2D eigenvalue weighted by Gasteiger charge is 2.25. The van der Waals surface area contributed by atoms with E-state index in [0.29, 0.717) is 17.8 Å². The van der Waals surface area contributed by atoms with Crippen molar-refractivity contribution in [3.63, 3.8) is 0 Å². The molecule has 4 aromatic rings. The van der Waals surface area contributed by atoms with Crippen LogP contribution in [0.3, 0.4) is 0 Å². The van der Waals surface area contributed by atoms with E-state index in [9.17, 15) is 13.2 Å². The fourth-order valence-electron chi connectivity index (χ4n) is 3.87. The number of carbonyl (C=O) groups is 1. The number of rotatable bonds is 12. The van der Waals surface area contributed by atoms with Crippen LogP contribution in [-0.4, -0.2) is 27.1 Å². The van der Waals surface area contributed by atoms with Crippen molar-refractivity contribution in [1.29, 1.82) is 0 Å². The van der Waals surface area contributed by atoms with Crippen molar-refractivity contribution in [2.45, 2.75) is 25.0 Å². The molecule has 0 bridgehead atoms. The smallest absolute Gasteiger partial charge is 0.264 e. The Morgan fingerprint density at radius 1 is 0.850 bits per heavy atom. The van der Waals surface area contributed by atoms with Gasteiger partial charge in [0.25, 0.3) is 10.0 Å². The monoisotopic (exact) mass is 553 g/mol. The largest absolute Gasteiger partial charge is 0.391 e. The van der Waals surface area contributed by atoms with Crippen LogP contribution in [0.4, 0.5) is 5.69 Å². The molecule has 0 aliphatic rings. The fourth-order valence-corrected chi connectivity index (χ4v) is 5.31. The maximum Gasteiger partial charge on any atom is 0.264 e. The summed E-state index contributed by atoms with van der Waals surface area (Å²) < 4.78 is 28.9. The standard InChI is InChI=1S/C32H31N3O4S/c1-26-18-20-30(21-19-26)40(37,38)35(22-10-17-32(36)33-23-27-11-4-2-5-12-27)31-16-9-8-15-29(31)24-34-39-25-28-13-6-3-7-14-28/h2-21,24H,22-23,25H2,1H3,(H,33,36)/b17-10+,34-24+. The van der Waals surface area contributed by atoms with Crippen LogP contribution in [0.1, 0.15) is 22.3 Å². The van der Waals surface area contributed by atoms with E-state index in [1.807, 2.05) is 67.6 Å². The summed E-state index contributed by atoms with van der Waals surface area (Å²) in [4.78, 5) is 18.0. The molecule has 0 fully saturated rings. The van der Waals surface area contributed by atoms with Crippen molar-refractivity contribution in [1.82, 2.24) is 5.32 Å². The molecule has 0 heterocycles. The summed E-state index contributed by atoms with van der Waals surface area (Å²) in [7, 11) is -3.97. The Morgan fingerprint density at radius 3 is 2.17 bits per heavy atom. The lowest BCUT2D eigenvalue weighted by Gasteiger charge is -2.25. The van der Waals surface area contributed by atoms with Gasteiger partial charge in [0.15, 0.2) is 0 Å². The van der Waals surface area contributed by atoms with Gasteiger partial charge in [0, 0.05) is 18.2 Å². The second kappa shape index (κ2) is 13.9. The van der Waals surface area contributed by atoms with Gasteiger partial charge in [0.2, 0.25) is 5.91 Å². The first kappa shape index (κ1) is 28.3. The predicted octanol–water partition coefficient (Wildman–Crippen LogP) is 5.61. The number of hydrogen-bond acceptors (Lipinski definition) is 5. The molecule has 4 rings (SSSR count). The zero-order valence-corrected chi connectivity index (χ0v) is 23.0. The molecule has 0 radical (unpaired) electrons. The topological polar surface area (TPSA) is 88.1 Å². The van der Waals surface area contributed by atoms with Crippen molar-refractivity contribution >= 4 is 27.8 Å². The summed E-state index contributed by atoms with van der Waals surface area (Å²) in [6.45, 7) is 2.49.